The largest absolute Gasteiger partial charge is 0.399 e. The van der Waals surface area contributed by atoms with Crippen molar-refractivity contribution < 1.29 is 16.8 Å². The summed E-state index contributed by atoms with van der Waals surface area (Å²) in [6.07, 6.45) is 13.6. The average molecular weight is 379 g/mol. The highest BCUT2D eigenvalue weighted by atomic mass is 32.3. The summed E-state index contributed by atoms with van der Waals surface area (Å²) >= 11 is 0. The van der Waals surface area contributed by atoms with Crippen LogP contribution in [0.2, 0.25) is 0 Å². The summed E-state index contributed by atoms with van der Waals surface area (Å²) in [5.74, 6) is 0.595. The van der Waals surface area contributed by atoms with Gasteiger partial charge >= 0.3 is 10.4 Å². The van der Waals surface area contributed by atoms with E-state index in [2.05, 4.69) is 27.7 Å². The molecule has 0 heterocycles. The minimum atomic E-state index is -3.86. The molecule has 0 aromatic heterocycles. The van der Waals surface area contributed by atoms with Gasteiger partial charge in [-0.1, -0.05) is 91.9 Å². The van der Waals surface area contributed by atoms with Gasteiger partial charge in [-0.3, -0.25) is 0 Å². The quantitative estimate of drug-likeness (QED) is 0.264. The molecule has 0 radical (unpaired) electrons. The zero-order valence-corrected chi connectivity index (χ0v) is 17.9. The van der Waals surface area contributed by atoms with Gasteiger partial charge in [-0.25, -0.2) is 8.37 Å². The van der Waals surface area contributed by atoms with Crippen molar-refractivity contribution in [3.63, 3.8) is 0 Å². The number of hydrogen-bond donors (Lipinski definition) is 0. The maximum absolute atomic E-state index is 12.0. The van der Waals surface area contributed by atoms with Crippen LogP contribution in [0.4, 0.5) is 0 Å². The lowest BCUT2D eigenvalue weighted by Crippen LogP contribution is -2.19. The van der Waals surface area contributed by atoms with E-state index in [4.69, 9.17) is 8.37 Å². The Morgan fingerprint density at radius 2 is 1.04 bits per heavy atom. The third kappa shape index (κ3) is 14.7. The molecule has 152 valence electrons. The summed E-state index contributed by atoms with van der Waals surface area (Å²) in [5, 5.41) is 0. The Morgan fingerprint density at radius 1 is 0.640 bits per heavy atom. The monoisotopic (exact) mass is 378 g/mol. The topological polar surface area (TPSA) is 52.6 Å². The number of hydrogen-bond acceptors (Lipinski definition) is 4. The summed E-state index contributed by atoms with van der Waals surface area (Å²) in [6, 6.07) is 0. The molecule has 0 aromatic carbocycles. The van der Waals surface area contributed by atoms with Crippen LogP contribution < -0.4 is 0 Å². The zero-order valence-electron chi connectivity index (χ0n) is 17.1. The molecular formula is C20H42O4S. The second kappa shape index (κ2) is 16.1. The van der Waals surface area contributed by atoms with Crippen LogP contribution in [0, 0.1) is 11.8 Å². The predicted molar refractivity (Wildman–Crippen MR) is 106 cm³/mol. The van der Waals surface area contributed by atoms with Crippen molar-refractivity contribution in [2.75, 3.05) is 13.2 Å². The Balaban J connectivity index is 4.07. The van der Waals surface area contributed by atoms with E-state index in [1.807, 2.05) is 0 Å². The summed E-state index contributed by atoms with van der Waals surface area (Å²) in [5.41, 5.74) is 0. The maximum atomic E-state index is 12.0. The number of rotatable bonds is 18. The third-order valence-corrected chi connectivity index (χ3v) is 5.83. The van der Waals surface area contributed by atoms with Crippen molar-refractivity contribution in [2.45, 2.75) is 105 Å². The van der Waals surface area contributed by atoms with Crippen LogP contribution in [-0.2, 0) is 18.8 Å². The van der Waals surface area contributed by atoms with Crippen LogP contribution in [0.25, 0.3) is 0 Å². The van der Waals surface area contributed by atoms with E-state index in [9.17, 15) is 8.42 Å². The van der Waals surface area contributed by atoms with E-state index in [0.29, 0.717) is 11.8 Å². The standard InChI is InChI=1S/C20H42O4S/c1-5-9-11-13-15-19(7-3)17-23-25(21,22)24-18-20(8-4)16-14-12-10-6-2/h19-20H,5-18H2,1-4H3. The molecule has 2 atom stereocenters. The van der Waals surface area contributed by atoms with Gasteiger partial charge in [0.1, 0.15) is 0 Å². The Bertz CT molecular complexity index is 351. The van der Waals surface area contributed by atoms with E-state index >= 15 is 0 Å². The van der Waals surface area contributed by atoms with Crippen molar-refractivity contribution in [3.8, 4) is 0 Å². The fraction of sp³-hybridized carbons (Fsp3) is 1.00. The molecule has 4 nitrogen and oxygen atoms in total. The summed E-state index contributed by atoms with van der Waals surface area (Å²) < 4.78 is 34.2. The van der Waals surface area contributed by atoms with Gasteiger partial charge in [-0.15, -0.1) is 0 Å². The van der Waals surface area contributed by atoms with Gasteiger partial charge in [-0.2, -0.15) is 8.42 Å². The third-order valence-electron chi connectivity index (χ3n) is 4.98. The van der Waals surface area contributed by atoms with E-state index in [0.717, 1.165) is 38.5 Å². The smallest absolute Gasteiger partial charge is 0.248 e. The highest BCUT2D eigenvalue weighted by Crippen LogP contribution is 2.18. The van der Waals surface area contributed by atoms with Crippen molar-refractivity contribution in [2.24, 2.45) is 11.8 Å². The fourth-order valence-corrected chi connectivity index (χ4v) is 3.71. The molecule has 0 saturated carbocycles. The lowest BCUT2D eigenvalue weighted by Gasteiger charge is -2.17. The predicted octanol–water partition coefficient (Wildman–Crippen LogP) is 6.26. The average Bonchev–Trinajstić information content (AvgIpc) is 2.60. The number of unbranched alkanes of at least 4 members (excludes halogenated alkanes) is 6. The molecule has 0 aromatic rings. The Hall–Kier alpha value is -0.130. The van der Waals surface area contributed by atoms with Crippen molar-refractivity contribution in [1.29, 1.82) is 0 Å². The fourth-order valence-electron chi connectivity index (χ4n) is 2.92. The van der Waals surface area contributed by atoms with Gasteiger partial charge in [0.05, 0.1) is 13.2 Å². The molecule has 0 aliphatic rings. The first kappa shape index (κ1) is 24.9. The maximum Gasteiger partial charge on any atom is 0.399 e. The minimum Gasteiger partial charge on any atom is -0.248 e. The first-order valence-electron chi connectivity index (χ1n) is 10.5. The second-order valence-electron chi connectivity index (χ2n) is 7.22. The Kier molecular flexibility index (Phi) is 16.0. The van der Waals surface area contributed by atoms with Gasteiger partial charge in [0.15, 0.2) is 0 Å². The Labute approximate surface area is 157 Å². The molecule has 0 fully saturated rings. The van der Waals surface area contributed by atoms with Gasteiger partial charge in [-0.05, 0) is 24.7 Å². The summed E-state index contributed by atoms with van der Waals surface area (Å²) in [6.45, 7) is 9.06. The van der Waals surface area contributed by atoms with E-state index in [1.165, 1.54) is 38.5 Å². The van der Waals surface area contributed by atoms with Crippen LogP contribution in [0.1, 0.15) is 105 Å². The minimum absolute atomic E-state index is 0.248. The lowest BCUT2D eigenvalue weighted by molar-refractivity contribution is 0.160. The molecule has 0 bridgehead atoms. The first-order valence-corrected chi connectivity index (χ1v) is 11.9. The molecule has 0 saturated heterocycles. The lowest BCUT2D eigenvalue weighted by atomic mass is 9.99. The molecule has 0 aliphatic carbocycles. The summed E-state index contributed by atoms with van der Waals surface area (Å²) in [4.78, 5) is 0. The van der Waals surface area contributed by atoms with Crippen molar-refractivity contribution >= 4 is 10.4 Å². The van der Waals surface area contributed by atoms with E-state index in [1.54, 1.807) is 0 Å². The highest BCUT2D eigenvalue weighted by molar-refractivity contribution is 7.81. The molecular weight excluding hydrogens is 336 g/mol. The van der Waals surface area contributed by atoms with Crippen LogP contribution in [0.15, 0.2) is 0 Å². The highest BCUT2D eigenvalue weighted by Gasteiger charge is 2.18. The van der Waals surface area contributed by atoms with Crippen LogP contribution in [0.5, 0.6) is 0 Å². The normalized spacial score (nSPS) is 14.6. The molecule has 25 heavy (non-hydrogen) atoms. The second-order valence-corrected chi connectivity index (χ2v) is 8.51. The van der Waals surface area contributed by atoms with Gasteiger partial charge < -0.3 is 0 Å². The summed E-state index contributed by atoms with van der Waals surface area (Å²) in [7, 11) is -3.86. The van der Waals surface area contributed by atoms with Crippen molar-refractivity contribution in [3.05, 3.63) is 0 Å². The Morgan fingerprint density at radius 3 is 1.36 bits per heavy atom. The molecule has 0 rings (SSSR count). The van der Waals surface area contributed by atoms with Crippen molar-refractivity contribution in [1.82, 2.24) is 0 Å². The van der Waals surface area contributed by atoms with Crippen LogP contribution >= 0.6 is 0 Å². The molecule has 0 spiro atoms. The molecule has 5 heteroatoms. The van der Waals surface area contributed by atoms with Gasteiger partial charge in [0, 0.05) is 0 Å². The molecule has 2 unspecified atom stereocenters. The van der Waals surface area contributed by atoms with Crippen LogP contribution in [0.3, 0.4) is 0 Å². The van der Waals surface area contributed by atoms with Gasteiger partial charge in [0.2, 0.25) is 0 Å². The molecule has 0 aliphatic heterocycles. The first-order chi connectivity index (χ1) is 12.0. The molecule has 0 amide bonds. The van der Waals surface area contributed by atoms with Crippen LogP contribution in [-0.4, -0.2) is 21.6 Å². The van der Waals surface area contributed by atoms with Gasteiger partial charge in [0.25, 0.3) is 0 Å². The van der Waals surface area contributed by atoms with E-state index in [-0.39, 0.29) is 13.2 Å². The van der Waals surface area contributed by atoms with E-state index < -0.39 is 10.4 Å². The SMILES string of the molecule is CCCCCCC(CC)COS(=O)(=O)OCC(CC)CCCCCC. The zero-order chi connectivity index (χ0) is 19.0. The molecule has 0 N–H and O–H groups in total.